The monoisotopic (exact) mass is 700 g/mol. The summed E-state index contributed by atoms with van der Waals surface area (Å²) in [5, 5.41) is 6.75. The van der Waals surface area contributed by atoms with Crippen LogP contribution in [-0.4, -0.2) is 0 Å². The van der Waals surface area contributed by atoms with Gasteiger partial charge in [-0.2, -0.15) is 0 Å². The molecule has 8 aromatic rings. The Morgan fingerprint density at radius 3 is 1.37 bits per heavy atom. The van der Waals surface area contributed by atoms with E-state index in [4.69, 9.17) is 0 Å². The van der Waals surface area contributed by atoms with Crippen LogP contribution in [0.1, 0.15) is 54.3 Å². The zero-order valence-corrected chi connectivity index (χ0v) is 30.2. The fourth-order valence-electron chi connectivity index (χ4n) is 6.44. The highest BCUT2D eigenvalue weighted by Crippen LogP contribution is 2.32. The quantitative estimate of drug-likeness (QED) is 0.125. The van der Waals surface area contributed by atoms with Gasteiger partial charge >= 0.3 is 0 Å². The zero-order chi connectivity index (χ0) is 35.0. The van der Waals surface area contributed by atoms with E-state index in [1.54, 1.807) is 22.7 Å². The van der Waals surface area contributed by atoms with Crippen LogP contribution in [0, 0.1) is 0 Å². The lowest BCUT2D eigenvalue weighted by molar-refractivity contribution is 1.59. The molecule has 0 aliphatic rings. The Labute approximate surface area is 314 Å². The van der Waals surface area contributed by atoms with Gasteiger partial charge in [0.1, 0.15) is 0 Å². The van der Waals surface area contributed by atoms with E-state index in [1.807, 2.05) is 0 Å². The minimum absolute atomic E-state index is 1.17. The van der Waals surface area contributed by atoms with E-state index in [-0.39, 0.29) is 0 Å². The second-order valence-electron chi connectivity index (χ2n) is 12.6. The first-order valence-corrected chi connectivity index (χ1v) is 19.2. The summed E-state index contributed by atoms with van der Waals surface area (Å²) in [5.74, 6) is 0. The van der Waals surface area contributed by atoms with E-state index in [1.165, 1.54) is 76.2 Å². The second-order valence-corrected chi connectivity index (χ2v) is 14.5. The van der Waals surface area contributed by atoms with Crippen molar-refractivity contribution in [2.45, 2.75) is 0 Å². The van der Waals surface area contributed by atoms with Crippen molar-refractivity contribution in [1.29, 1.82) is 0 Å². The van der Waals surface area contributed by atoms with E-state index in [0.717, 1.165) is 0 Å². The molecule has 0 saturated carbocycles. The Morgan fingerprint density at radius 2 is 0.846 bits per heavy atom. The minimum atomic E-state index is 1.17. The predicted molar refractivity (Wildman–Crippen MR) is 230 cm³/mol. The van der Waals surface area contributed by atoms with Crippen molar-refractivity contribution >= 4 is 81.0 Å². The topological polar surface area (TPSA) is 0 Å². The standard InChI is InChI=1S/C50H36S2/c1-3-11-41(12-4-1)47(49-17-9-33-51-49)35-39-23-19-37(20-24-39)27-29-44-31-30-43-15-7-8-16-45(43)46(44)32-28-38-21-25-40(26-22-38)36-48(50-18-10-34-52-50)42-13-5-2-6-14-42/h1-36H/b29-27-,32-28-,47-35-,48-36-. The summed E-state index contributed by atoms with van der Waals surface area (Å²) in [6, 6.07) is 60.6. The molecule has 0 fully saturated rings. The summed E-state index contributed by atoms with van der Waals surface area (Å²) in [7, 11) is 0. The maximum Gasteiger partial charge on any atom is 0.0348 e. The first-order valence-electron chi connectivity index (χ1n) is 17.5. The Hall–Kier alpha value is -6.06. The first kappa shape index (κ1) is 33.1. The van der Waals surface area contributed by atoms with E-state index in [9.17, 15) is 0 Å². The fraction of sp³-hybridized carbons (Fsp3) is 0. The fourth-order valence-corrected chi connectivity index (χ4v) is 7.97. The van der Waals surface area contributed by atoms with Gasteiger partial charge in [-0.15, -0.1) is 22.7 Å². The van der Waals surface area contributed by atoms with Crippen molar-refractivity contribution in [2.24, 2.45) is 0 Å². The van der Waals surface area contributed by atoms with Gasteiger partial charge in [-0.05, 0) is 101 Å². The lowest BCUT2D eigenvalue weighted by Gasteiger charge is -2.08. The molecular formula is C50H36S2. The van der Waals surface area contributed by atoms with Crippen molar-refractivity contribution < 1.29 is 0 Å². The Morgan fingerprint density at radius 1 is 0.365 bits per heavy atom. The third-order valence-electron chi connectivity index (χ3n) is 9.14. The van der Waals surface area contributed by atoms with Gasteiger partial charge in [-0.1, -0.05) is 182 Å². The van der Waals surface area contributed by atoms with E-state index < -0.39 is 0 Å². The van der Waals surface area contributed by atoms with E-state index in [2.05, 4.69) is 217 Å². The summed E-state index contributed by atoms with van der Waals surface area (Å²) < 4.78 is 0. The molecular weight excluding hydrogens is 665 g/mol. The molecule has 2 aromatic heterocycles. The van der Waals surface area contributed by atoms with Crippen LogP contribution in [-0.2, 0) is 0 Å². The predicted octanol–water partition coefficient (Wildman–Crippen LogP) is 14.5. The number of rotatable bonds is 10. The summed E-state index contributed by atoms with van der Waals surface area (Å²) in [4.78, 5) is 2.54. The molecule has 0 N–H and O–H groups in total. The van der Waals surface area contributed by atoms with Gasteiger partial charge in [-0.25, -0.2) is 0 Å². The van der Waals surface area contributed by atoms with E-state index >= 15 is 0 Å². The molecule has 52 heavy (non-hydrogen) atoms. The maximum atomic E-state index is 2.29. The molecule has 0 saturated heterocycles. The van der Waals surface area contributed by atoms with Crippen molar-refractivity contribution in [3.63, 3.8) is 0 Å². The molecule has 0 unspecified atom stereocenters. The lowest BCUT2D eigenvalue weighted by Crippen LogP contribution is -1.86. The molecule has 0 spiro atoms. The summed E-state index contributed by atoms with van der Waals surface area (Å²) in [5.41, 5.74) is 12.0. The maximum absolute atomic E-state index is 2.29. The molecule has 0 amide bonds. The third kappa shape index (κ3) is 7.80. The van der Waals surface area contributed by atoms with Crippen LogP contribution < -0.4 is 0 Å². The van der Waals surface area contributed by atoms with Gasteiger partial charge in [0.05, 0.1) is 0 Å². The average Bonchev–Trinajstić information content (AvgIpc) is 3.95. The highest BCUT2D eigenvalue weighted by molar-refractivity contribution is 7.11. The van der Waals surface area contributed by atoms with Gasteiger partial charge in [-0.3, -0.25) is 0 Å². The highest BCUT2D eigenvalue weighted by Gasteiger charge is 2.08. The SMILES string of the molecule is C(=C/c1ccc2ccccc2c1/C=C\c1ccc(/C=C(/c2ccccc2)c2cccs2)cc1)/c1ccc(/C=C(/c2ccccc2)c2cccs2)cc1. The Balaban J connectivity index is 1.05. The molecule has 248 valence electrons. The second kappa shape index (κ2) is 15.9. The lowest BCUT2D eigenvalue weighted by atomic mass is 9.96. The Kier molecular flexibility index (Phi) is 10.1. The number of hydrogen-bond acceptors (Lipinski definition) is 2. The molecule has 0 aliphatic carbocycles. The van der Waals surface area contributed by atoms with Gasteiger partial charge < -0.3 is 0 Å². The number of thiophene rings is 2. The molecule has 0 radical (unpaired) electrons. The highest BCUT2D eigenvalue weighted by atomic mass is 32.1. The molecule has 0 atom stereocenters. The van der Waals surface area contributed by atoms with Gasteiger partial charge in [0.25, 0.3) is 0 Å². The Bertz CT molecular complexity index is 2490. The molecule has 0 nitrogen and oxygen atoms in total. The molecule has 0 aliphatic heterocycles. The van der Waals surface area contributed by atoms with Crippen molar-refractivity contribution in [3.05, 3.63) is 235 Å². The molecule has 0 bridgehead atoms. The van der Waals surface area contributed by atoms with Crippen molar-refractivity contribution in [2.75, 3.05) is 0 Å². The molecule has 6 aromatic carbocycles. The van der Waals surface area contributed by atoms with Crippen LogP contribution in [0.4, 0.5) is 0 Å². The summed E-state index contributed by atoms with van der Waals surface area (Å²) >= 11 is 3.55. The van der Waals surface area contributed by atoms with Crippen LogP contribution in [0.25, 0.3) is 58.4 Å². The minimum Gasteiger partial charge on any atom is -0.144 e. The van der Waals surface area contributed by atoms with Crippen molar-refractivity contribution in [3.8, 4) is 0 Å². The van der Waals surface area contributed by atoms with Crippen molar-refractivity contribution in [1.82, 2.24) is 0 Å². The number of fused-ring (bicyclic) bond motifs is 1. The smallest absolute Gasteiger partial charge is 0.0348 e. The van der Waals surface area contributed by atoms with Gasteiger partial charge in [0.2, 0.25) is 0 Å². The number of hydrogen-bond donors (Lipinski definition) is 0. The molecule has 8 rings (SSSR count). The van der Waals surface area contributed by atoms with Gasteiger partial charge in [0, 0.05) is 9.75 Å². The molecule has 2 heterocycles. The number of benzene rings is 6. The van der Waals surface area contributed by atoms with Crippen LogP contribution in [0.15, 0.2) is 181 Å². The van der Waals surface area contributed by atoms with Crippen LogP contribution in [0.3, 0.4) is 0 Å². The zero-order valence-electron chi connectivity index (χ0n) is 28.6. The normalized spacial score (nSPS) is 12.3. The average molecular weight is 701 g/mol. The first-order chi connectivity index (χ1) is 25.8. The van der Waals surface area contributed by atoms with Crippen LogP contribution in [0.5, 0.6) is 0 Å². The summed E-state index contributed by atoms with van der Waals surface area (Å²) in [6.45, 7) is 0. The van der Waals surface area contributed by atoms with Crippen LogP contribution in [0.2, 0.25) is 0 Å². The third-order valence-corrected chi connectivity index (χ3v) is 10.9. The van der Waals surface area contributed by atoms with Crippen LogP contribution >= 0.6 is 22.7 Å². The van der Waals surface area contributed by atoms with Gasteiger partial charge in [0.15, 0.2) is 0 Å². The largest absolute Gasteiger partial charge is 0.144 e. The van der Waals surface area contributed by atoms with E-state index in [0.29, 0.717) is 0 Å². The summed E-state index contributed by atoms with van der Waals surface area (Å²) in [6.07, 6.45) is 13.5. The molecule has 2 heteroatoms.